The van der Waals surface area contributed by atoms with Gasteiger partial charge in [-0.3, -0.25) is 9.59 Å². The van der Waals surface area contributed by atoms with Crippen molar-refractivity contribution in [2.45, 2.75) is 39.8 Å². The lowest BCUT2D eigenvalue weighted by Gasteiger charge is -2.27. The molecule has 5 heteroatoms. The Morgan fingerprint density at radius 1 is 0.897 bits per heavy atom. The Labute approximate surface area is 174 Å². The number of hydrogen-bond donors (Lipinski definition) is 2. The molecule has 0 fully saturated rings. The van der Waals surface area contributed by atoms with Crippen LogP contribution in [0, 0.1) is 19.8 Å². The highest BCUT2D eigenvalue weighted by Gasteiger charge is 2.26. The molecule has 0 aromatic heterocycles. The van der Waals surface area contributed by atoms with Crippen LogP contribution in [0.25, 0.3) is 0 Å². The third-order valence-electron chi connectivity index (χ3n) is 5.10. The van der Waals surface area contributed by atoms with E-state index in [4.69, 9.17) is 0 Å². The SMILES string of the molecule is Cc1ccc(C(=O)NC(C(=O)NCC(c2ccc(C)cc2)N(C)C)C(C)C)cc1. The molecule has 0 heterocycles. The molecule has 0 spiro atoms. The van der Waals surface area contributed by atoms with E-state index in [0.717, 1.165) is 11.1 Å². The first-order valence-corrected chi connectivity index (χ1v) is 10.1. The van der Waals surface area contributed by atoms with Gasteiger partial charge >= 0.3 is 0 Å². The number of hydrogen-bond acceptors (Lipinski definition) is 3. The summed E-state index contributed by atoms with van der Waals surface area (Å²) in [6.07, 6.45) is 0. The number of amides is 2. The molecular weight excluding hydrogens is 362 g/mol. The predicted molar refractivity (Wildman–Crippen MR) is 118 cm³/mol. The molecule has 2 unspecified atom stereocenters. The van der Waals surface area contributed by atoms with Crippen LogP contribution in [0.2, 0.25) is 0 Å². The third-order valence-corrected chi connectivity index (χ3v) is 5.10. The Morgan fingerprint density at radius 3 is 1.90 bits per heavy atom. The minimum absolute atomic E-state index is 0.0263. The van der Waals surface area contributed by atoms with Crippen molar-refractivity contribution in [2.75, 3.05) is 20.6 Å². The van der Waals surface area contributed by atoms with E-state index < -0.39 is 6.04 Å². The molecule has 0 radical (unpaired) electrons. The van der Waals surface area contributed by atoms with Crippen LogP contribution in [0.1, 0.15) is 46.9 Å². The average molecular weight is 396 g/mol. The van der Waals surface area contributed by atoms with Gasteiger partial charge in [-0.25, -0.2) is 0 Å². The molecule has 0 saturated heterocycles. The van der Waals surface area contributed by atoms with Crippen molar-refractivity contribution in [3.05, 3.63) is 70.8 Å². The summed E-state index contributed by atoms with van der Waals surface area (Å²) < 4.78 is 0. The second-order valence-corrected chi connectivity index (χ2v) is 8.20. The van der Waals surface area contributed by atoms with Crippen molar-refractivity contribution in [3.63, 3.8) is 0 Å². The van der Waals surface area contributed by atoms with Gasteiger partial charge in [0.05, 0.1) is 6.04 Å². The number of rotatable bonds is 8. The Morgan fingerprint density at radius 2 is 1.41 bits per heavy atom. The highest BCUT2D eigenvalue weighted by molar-refractivity contribution is 5.97. The maximum Gasteiger partial charge on any atom is 0.251 e. The highest BCUT2D eigenvalue weighted by Crippen LogP contribution is 2.18. The lowest BCUT2D eigenvalue weighted by Crippen LogP contribution is -2.51. The molecule has 2 aromatic rings. The average Bonchev–Trinajstić information content (AvgIpc) is 2.67. The van der Waals surface area contributed by atoms with Crippen molar-refractivity contribution in [1.29, 1.82) is 0 Å². The van der Waals surface area contributed by atoms with Crippen LogP contribution >= 0.6 is 0 Å². The van der Waals surface area contributed by atoms with Crippen LogP contribution in [0.4, 0.5) is 0 Å². The van der Waals surface area contributed by atoms with Crippen LogP contribution in [-0.2, 0) is 4.79 Å². The number of likely N-dealkylation sites (N-methyl/N-ethyl adjacent to an activating group) is 1. The Balaban J connectivity index is 2.05. The molecular formula is C24H33N3O2. The zero-order valence-corrected chi connectivity index (χ0v) is 18.3. The largest absolute Gasteiger partial charge is 0.352 e. The first-order chi connectivity index (χ1) is 13.7. The quantitative estimate of drug-likeness (QED) is 0.719. The Hall–Kier alpha value is -2.66. The first-order valence-electron chi connectivity index (χ1n) is 10.1. The van der Waals surface area contributed by atoms with Crippen LogP contribution in [0.3, 0.4) is 0 Å². The van der Waals surface area contributed by atoms with Gasteiger partial charge in [-0.2, -0.15) is 0 Å². The zero-order valence-electron chi connectivity index (χ0n) is 18.3. The fraction of sp³-hybridized carbons (Fsp3) is 0.417. The van der Waals surface area contributed by atoms with Crippen LogP contribution in [0.5, 0.6) is 0 Å². The minimum atomic E-state index is -0.593. The summed E-state index contributed by atoms with van der Waals surface area (Å²) in [6.45, 7) is 8.37. The fourth-order valence-electron chi connectivity index (χ4n) is 3.16. The normalized spacial score (nSPS) is 13.2. The van der Waals surface area contributed by atoms with Gasteiger partial charge in [-0.1, -0.05) is 61.4 Å². The van der Waals surface area contributed by atoms with Gasteiger partial charge in [0, 0.05) is 12.1 Å². The molecule has 5 nitrogen and oxygen atoms in total. The molecule has 0 bridgehead atoms. The summed E-state index contributed by atoms with van der Waals surface area (Å²) in [6, 6.07) is 15.1. The van der Waals surface area contributed by atoms with Crippen LogP contribution in [0.15, 0.2) is 48.5 Å². The molecule has 156 valence electrons. The summed E-state index contributed by atoms with van der Waals surface area (Å²) >= 11 is 0. The standard InChI is InChI=1S/C24H33N3O2/c1-16(2)22(26-23(28)20-13-9-18(4)10-14-20)24(29)25-15-21(27(5)6)19-11-7-17(3)8-12-19/h7-14,16,21-22H,15H2,1-6H3,(H,25,29)(H,26,28). The number of benzene rings is 2. The van der Waals surface area contributed by atoms with Crippen LogP contribution in [-0.4, -0.2) is 43.4 Å². The lowest BCUT2D eigenvalue weighted by atomic mass is 10.0. The van der Waals surface area contributed by atoms with Gasteiger partial charge in [-0.15, -0.1) is 0 Å². The molecule has 29 heavy (non-hydrogen) atoms. The summed E-state index contributed by atoms with van der Waals surface area (Å²) in [5.41, 5.74) is 3.99. The van der Waals surface area contributed by atoms with E-state index in [1.807, 2.05) is 47.0 Å². The summed E-state index contributed by atoms with van der Waals surface area (Å²) in [4.78, 5) is 27.5. The van der Waals surface area contributed by atoms with E-state index in [9.17, 15) is 9.59 Å². The first kappa shape index (κ1) is 22.6. The van der Waals surface area contributed by atoms with Gasteiger partial charge in [0.25, 0.3) is 5.91 Å². The summed E-state index contributed by atoms with van der Waals surface area (Å²) in [5.74, 6) is -0.428. The minimum Gasteiger partial charge on any atom is -0.352 e. The number of nitrogens with one attached hydrogen (secondary N) is 2. The van der Waals surface area contributed by atoms with Crippen molar-refractivity contribution in [3.8, 4) is 0 Å². The summed E-state index contributed by atoms with van der Waals surface area (Å²) in [5, 5.41) is 5.92. The molecule has 0 aliphatic rings. The summed E-state index contributed by atoms with van der Waals surface area (Å²) in [7, 11) is 3.99. The van der Waals surface area contributed by atoms with Gasteiger partial charge in [0.2, 0.25) is 5.91 Å². The number of aryl methyl sites for hydroxylation is 2. The van der Waals surface area contributed by atoms with E-state index in [1.165, 1.54) is 5.56 Å². The van der Waals surface area contributed by atoms with Gasteiger partial charge in [-0.05, 0) is 51.6 Å². The zero-order chi connectivity index (χ0) is 21.6. The van der Waals surface area contributed by atoms with Gasteiger partial charge in [0.1, 0.15) is 6.04 Å². The maximum atomic E-state index is 12.9. The Kier molecular flexibility index (Phi) is 7.97. The number of nitrogens with zero attached hydrogens (tertiary/aromatic N) is 1. The van der Waals surface area contributed by atoms with E-state index in [0.29, 0.717) is 12.1 Å². The second-order valence-electron chi connectivity index (χ2n) is 8.20. The van der Waals surface area contributed by atoms with Gasteiger partial charge < -0.3 is 15.5 Å². The van der Waals surface area contributed by atoms with E-state index in [-0.39, 0.29) is 23.8 Å². The Bertz CT molecular complexity index is 811. The van der Waals surface area contributed by atoms with E-state index in [2.05, 4.69) is 46.7 Å². The second kappa shape index (κ2) is 10.2. The molecule has 0 saturated carbocycles. The van der Waals surface area contributed by atoms with Crippen molar-refractivity contribution in [1.82, 2.24) is 15.5 Å². The molecule has 2 amide bonds. The molecule has 2 aromatic carbocycles. The van der Waals surface area contributed by atoms with Crippen LogP contribution < -0.4 is 10.6 Å². The molecule has 2 atom stereocenters. The molecule has 2 rings (SSSR count). The van der Waals surface area contributed by atoms with E-state index >= 15 is 0 Å². The smallest absolute Gasteiger partial charge is 0.251 e. The number of carbonyl (C=O) groups excluding carboxylic acids is 2. The molecule has 2 N–H and O–H groups in total. The van der Waals surface area contributed by atoms with E-state index in [1.54, 1.807) is 12.1 Å². The number of carbonyl (C=O) groups is 2. The fourth-order valence-corrected chi connectivity index (χ4v) is 3.16. The monoisotopic (exact) mass is 395 g/mol. The van der Waals surface area contributed by atoms with Crippen molar-refractivity contribution in [2.24, 2.45) is 5.92 Å². The topological polar surface area (TPSA) is 61.4 Å². The third kappa shape index (κ3) is 6.43. The molecule has 0 aliphatic heterocycles. The predicted octanol–water partition coefficient (Wildman–Crippen LogP) is 3.48. The maximum absolute atomic E-state index is 12.9. The van der Waals surface area contributed by atoms with Crippen molar-refractivity contribution < 1.29 is 9.59 Å². The molecule has 0 aliphatic carbocycles. The lowest BCUT2D eigenvalue weighted by molar-refractivity contribution is -0.124. The van der Waals surface area contributed by atoms with Crippen molar-refractivity contribution >= 4 is 11.8 Å². The van der Waals surface area contributed by atoms with Gasteiger partial charge in [0.15, 0.2) is 0 Å². The highest BCUT2D eigenvalue weighted by atomic mass is 16.2.